The van der Waals surface area contributed by atoms with Gasteiger partial charge in [-0.2, -0.15) is 18.4 Å². The van der Waals surface area contributed by atoms with Crippen LogP contribution in [0.5, 0.6) is 0 Å². The average molecular weight is 335 g/mol. The number of benzene rings is 1. The second-order valence-electron chi connectivity index (χ2n) is 5.26. The first-order valence-electron chi connectivity index (χ1n) is 7.42. The zero-order valence-electron chi connectivity index (χ0n) is 12.8. The van der Waals surface area contributed by atoms with E-state index in [0.29, 0.717) is 6.20 Å². The Hall–Kier alpha value is -2.75. The summed E-state index contributed by atoms with van der Waals surface area (Å²) >= 11 is 0. The van der Waals surface area contributed by atoms with Gasteiger partial charge in [0.05, 0.1) is 16.8 Å². The lowest BCUT2D eigenvalue weighted by atomic mass is 10.2. The van der Waals surface area contributed by atoms with Gasteiger partial charge in [0.15, 0.2) is 0 Å². The van der Waals surface area contributed by atoms with Crippen LogP contribution in [-0.4, -0.2) is 18.1 Å². The van der Waals surface area contributed by atoms with Crippen molar-refractivity contribution in [1.82, 2.24) is 4.98 Å². The summed E-state index contributed by atoms with van der Waals surface area (Å²) in [4.78, 5) is 14.5. The normalized spacial score (nSPS) is 13.8. The van der Waals surface area contributed by atoms with Crippen molar-refractivity contribution in [3.8, 4) is 6.07 Å². The minimum atomic E-state index is -4.38. The first-order chi connectivity index (χ1) is 11.4. The van der Waals surface area contributed by atoms with Crippen molar-refractivity contribution in [3.63, 3.8) is 0 Å². The van der Waals surface area contributed by atoms with Gasteiger partial charge in [-0.1, -0.05) is 12.1 Å². The van der Waals surface area contributed by atoms with Crippen LogP contribution in [0.3, 0.4) is 0 Å². The predicted molar refractivity (Wildman–Crippen MR) is 84.7 cm³/mol. The van der Waals surface area contributed by atoms with Gasteiger partial charge in [-0.05, 0) is 31.0 Å². The Morgan fingerprint density at radius 1 is 1.08 bits per heavy atom. The van der Waals surface area contributed by atoms with Gasteiger partial charge in [0, 0.05) is 25.4 Å². The van der Waals surface area contributed by atoms with Gasteiger partial charge in [-0.25, -0.2) is 0 Å². The van der Waals surface area contributed by atoms with Crippen LogP contribution in [0.25, 0.3) is 0 Å². The van der Waals surface area contributed by atoms with E-state index in [-0.39, 0.29) is 0 Å². The molecule has 2 heterocycles. The molecule has 3 rings (SSSR count). The molecule has 0 spiro atoms. The highest BCUT2D eigenvalue weighted by molar-refractivity contribution is 5.59. The number of hydrogen-bond donors (Lipinski definition) is 1. The summed E-state index contributed by atoms with van der Waals surface area (Å²) in [5.74, 6) is 0. The SMILES string of the molecule is N#Cc1ccccc1N1CCCC1.O=c1ccc(C(F)(F)F)c[nH]1. The summed E-state index contributed by atoms with van der Waals surface area (Å²) in [5.41, 5.74) is 0.502. The van der Waals surface area contributed by atoms with Gasteiger partial charge in [0.25, 0.3) is 0 Å². The number of pyridine rings is 1. The number of nitriles is 1. The molecule has 7 heteroatoms. The lowest BCUT2D eigenvalue weighted by Gasteiger charge is -2.18. The number of halogens is 3. The number of hydrogen-bond acceptors (Lipinski definition) is 3. The maximum Gasteiger partial charge on any atom is 0.417 e. The molecule has 24 heavy (non-hydrogen) atoms. The number of rotatable bonds is 1. The third kappa shape index (κ3) is 4.62. The number of anilines is 1. The van der Waals surface area contributed by atoms with Crippen molar-refractivity contribution < 1.29 is 13.2 Å². The quantitative estimate of drug-likeness (QED) is 0.867. The Balaban J connectivity index is 0.000000177. The fourth-order valence-corrected chi connectivity index (χ4v) is 2.39. The molecule has 0 bridgehead atoms. The Morgan fingerprint density at radius 3 is 2.29 bits per heavy atom. The molecule has 1 aromatic heterocycles. The van der Waals surface area contributed by atoms with Crippen molar-refractivity contribution >= 4 is 5.69 Å². The molecule has 4 nitrogen and oxygen atoms in total. The average Bonchev–Trinajstić information content (AvgIpc) is 3.09. The van der Waals surface area contributed by atoms with E-state index in [1.54, 1.807) is 0 Å². The zero-order valence-corrected chi connectivity index (χ0v) is 12.8. The van der Waals surface area contributed by atoms with Crippen LogP contribution in [0.2, 0.25) is 0 Å². The fourth-order valence-electron chi connectivity index (χ4n) is 2.39. The van der Waals surface area contributed by atoms with Gasteiger partial charge in [-0.15, -0.1) is 0 Å². The van der Waals surface area contributed by atoms with Gasteiger partial charge >= 0.3 is 6.18 Å². The minimum Gasteiger partial charge on any atom is -0.370 e. The summed E-state index contributed by atoms with van der Waals surface area (Å²) in [6, 6.07) is 11.6. The predicted octanol–water partition coefficient (Wildman–Crippen LogP) is 3.55. The first-order valence-corrected chi connectivity index (χ1v) is 7.42. The molecular formula is C17H16F3N3O. The number of para-hydroxylation sites is 1. The highest BCUT2D eigenvalue weighted by Gasteiger charge is 2.30. The smallest absolute Gasteiger partial charge is 0.370 e. The van der Waals surface area contributed by atoms with Crippen LogP contribution in [0.4, 0.5) is 18.9 Å². The van der Waals surface area contributed by atoms with Crippen LogP contribution in [0, 0.1) is 11.3 Å². The molecule has 0 aliphatic carbocycles. The van der Waals surface area contributed by atoms with Crippen molar-refractivity contribution in [2.24, 2.45) is 0 Å². The minimum absolute atomic E-state index is 0.544. The lowest BCUT2D eigenvalue weighted by molar-refractivity contribution is -0.137. The second kappa shape index (κ2) is 7.68. The van der Waals surface area contributed by atoms with Crippen LogP contribution < -0.4 is 10.5 Å². The Morgan fingerprint density at radius 2 is 1.75 bits per heavy atom. The van der Waals surface area contributed by atoms with E-state index in [4.69, 9.17) is 5.26 Å². The molecule has 0 amide bonds. The van der Waals surface area contributed by atoms with Crippen LogP contribution in [0.15, 0.2) is 47.4 Å². The number of H-pyrrole nitrogens is 1. The summed E-state index contributed by atoms with van der Waals surface area (Å²) < 4.78 is 35.4. The van der Waals surface area contributed by atoms with Crippen LogP contribution in [0.1, 0.15) is 24.0 Å². The van der Waals surface area contributed by atoms with E-state index in [0.717, 1.165) is 36.5 Å². The molecule has 1 aliphatic heterocycles. The maximum absolute atomic E-state index is 11.8. The molecule has 2 aromatic rings. The largest absolute Gasteiger partial charge is 0.417 e. The molecule has 1 aromatic carbocycles. The Bertz CT molecular complexity index is 751. The standard InChI is InChI=1S/C11H12N2.C6H4F3NO/c12-9-10-5-1-2-6-11(10)13-7-3-4-8-13;7-6(8,9)4-1-2-5(11)10-3-4/h1-2,5-6H,3-4,7-8H2;1-3H,(H,10,11). The van der Waals surface area contributed by atoms with Crippen LogP contribution >= 0.6 is 0 Å². The number of nitrogens with zero attached hydrogens (tertiary/aromatic N) is 2. The van der Waals surface area contributed by atoms with E-state index < -0.39 is 17.3 Å². The van der Waals surface area contributed by atoms with E-state index in [1.165, 1.54) is 12.8 Å². The van der Waals surface area contributed by atoms with Gasteiger partial charge < -0.3 is 9.88 Å². The van der Waals surface area contributed by atoms with Gasteiger partial charge in [0.2, 0.25) is 5.56 Å². The summed E-state index contributed by atoms with van der Waals surface area (Å²) in [5, 5.41) is 8.90. The number of alkyl halides is 3. The lowest BCUT2D eigenvalue weighted by Crippen LogP contribution is -2.18. The van der Waals surface area contributed by atoms with Crippen molar-refractivity contribution in [3.05, 3.63) is 64.1 Å². The van der Waals surface area contributed by atoms with E-state index in [1.807, 2.05) is 29.2 Å². The van der Waals surface area contributed by atoms with Crippen LogP contribution in [-0.2, 0) is 6.18 Å². The summed E-state index contributed by atoms with van der Waals surface area (Å²) in [7, 11) is 0. The summed E-state index contributed by atoms with van der Waals surface area (Å²) in [6.07, 6.45) is -1.24. The molecule has 0 atom stereocenters. The molecule has 1 N–H and O–H groups in total. The maximum atomic E-state index is 11.8. The van der Waals surface area contributed by atoms with Gasteiger partial charge in [-0.3, -0.25) is 4.79 Å². The third-order valence-electron chi connectivity index (χ3n) is 3.58. The zero-order chi connectivity index (χ0) is 17.6. The molecule has 1 saturated heterocycles. The molecule has 0 radical (unpaired) electrons. The Labute approximate surface area is 137 Å². The number of nitrogens with one attached hydrogen (secondary N) is 1. The topological polar surface area (TPSA) is 59.9 Å². The molecule has 1 fully saturated rings. The highest BCUT2D eigenvalue weighted by atomic mass is 19.4. The molecule has 0 saturated carbocycles. The van der Waals surface area contributed by atoms with Gasteiger partial charge in [0.1, 0.15) is 6.07 Å². The van der Waals surface area contributed by atoms with E-state index >= 15 is 0 Å². The monoisotopic (exact) mass is 335 g/mol. The molecule has 126 valence electrons. The van der Waals surface area contributed by atoms with Crippen molar-refractivity contribution in [2.45, 2.75) is 19.0 Å². The van der Waals surface area contributed by atoms with Crippen molar-refractivity contribution in [2.75, 3.05) is 18.0 Å². The Kier molecular flexibility index (Phi) is 5.64. The number of aromatic nitrogens is 1. The van der Waals surface area contributed by atoms with Crippen molar-refractivity contribution in [1.29, 1.82) is 5.26 Å². The second-order valence-corrected chi connectivity index (χ2v) is 5.26. The first kappa shape index (κ1) is 17.6. The van der Waals surface area contributed by atoms with E-state index in [2.05, 4.69) is 11.0 Å². The molecule has 0 unspecified atom stereocenters. The fraction of sp³-hybridized carbons (Fsp3) is 0.294. The molecular weight excluding hydrogens is 319 g/mol. The summed E-state index contributed by atoms with van der Waals surface area (Å²) in [6.45, 7) is 2.19. The van der Waals surface area contributed by atoms with E-state index in [9.17, 15) is 18.0 Å². The highest BCUT2D eigenvalue weighted by Crippen LogP contribution is 2.27. The third-order valence-corrected chi connectivity index (χ3v) is 3.58. The molecule has 1 aliphatic rings. The number of aromatic amines is 1.